The fraction of sp³-hybridized carbons (Fsp3) is 0.143. The smallest absolute Gasteiger partial charge is 0.178 e. The van der Waals surface area contributed by atoms with Gasteiger partial charge in [0.1, 0.15) is 0 Å². The van der Waals surface area contributed by atoms with Crippen LogP contribution in [0.15, 0.2) is 42.7 Å². The van der Waals surface area contributed by atoms with Crippen LogP contribution in [0.5, 0.6) is 0 Å². The molecule has 3 rings (SSSR count). The average Bonchev–Trinajstić information content (AvgIpc) is 2.67. The molecule has 3 nitrogen and oxygen atoms in total. The first-order valence-electron chi connectivity index (χ1n) is 5.82. The maximum absolute atomic E-state index is 5.39. The third-order valence-electron chi connectivity index (χ3n) is 3.02. The zero-order valence-electron chi connectivity index (χ0n) is 10.1. The zero-order chi connectivity index (χ0) is 12.5. The predicted octanol–water partition coefficient (Wildman–Crippen LogP) is 3.45. The zero-order valence-corrected chi connectivity index (χ0v) is 10.9. The lowest BCUT2D eigenvalue weighted by Crippen LogP contribution is -1.99. The molecule has 0 aliphatic carbocycles. The fourth-order valence-corrected chi connectivity index (χ4v) is 2.36. The number of aromatic amines is 1. The number of benzene rings is 1. The number of fused-ring (bicyclic) bond motifs is 1. The standard InChI is InChI=1S/C14H13N3S/c1-10-2-3-12-13(8-10)17(14(18)16-12)9-11-4-6-15-7-5-11/h2-8H,9H2,1H3,(H,16,18). The van der Waals surface area contributed by atoms with Crippen molar-refractivity contribution in [2.75, 3.05) is 0 Å². The Morgan fingerprint density at radius 1 is 1.22 bits per heavy atom. The molecule has 1 N–H and O–H groups in total. The number of imidazole rings is 1. The van der Waals surface area contributed by atoms with Crippen LogP contribution in [0.3, 0.4) is 0 Å². The minimum absolute atomic E-state index is 0.757. The van der Waals surface area contributed by atoms with Crippen LogP contribution in [0, 0.1) is 11.7 Å². The highest BCUT2D eigenvalue weighted by Crippen LogP contribution is 2.17. The molecule has 0 aliphatic rings. The van der Waals surface area contributed by atoms with Gasteiger partial charge in [0.05, 0.1) is 17.6 Å². The predicted molar refractivity (Wildman–Crippen MR) is 75.2 cm³/mol. The number of hydrogen-bond acceptors (Lipinski definition) is 2. The van der Waals surface area contributed by atoms with Crippen LogP contribution >= 0.6 is 12.2 Å². The van der Waals surface area contributed by atoms with Gasteiger partial charge in [-0.25, -0.2) is 0 Å². The Bertz CT molecular complexity index is 741. The molecule has 4 heteroatoms. The highest BCUT2D eigenvalue weighted by molar-refractivity contribution is 7.71. The van der Waals surface area contributed by atoms with E-state index in [1.165, 1.54) is 11.1 Å². The number of nitrogens with zero attached hydrogens (tertiary/aromatic N) is 2. The molecule has 0 atom stereocenters. The number of H-pyrrole nitrogens is 1. The molecule has 18 heavy (non-hydrogen) atoms. The summed E-state index contributed by atoms with van der Waals surface area (Å²) >= 11 is 5.39. The lowest BCUT2D eigenvalue weighted by Gasteiger charge is -2.04. The van der Waals surface area contributed by atoms with Gasteiger partial charge in [-0.2, -0.15) is 0 Å². The lowest BCUT2D eigenvalue weighted by atomic mass is 10.2. The third-order valence-corrected chi connectivity index (χ3v) is 3.34. The summed E-state index contributed by atoms with van der Waals surface area (Å²) in [6.07, 6.45) is 3.61. The van der Waals surface area contributed by atoms with Crippen molar-refractivity contribution < 1.29 is 0 Å². The molecule has 0 fully saturated rings. The Labute approximate surface area is 110 Å². The van der Waals surface area contributed by atoms with Crippen molar-refractivity contribution in [3.05, 3.63) is 58.6 Å². The summed E-state index contributed by atoms with van der Waals surface area (Å²) in [7, 11) is 0. The molecule has 0 unspecified atom stereocenters. The summed E-state index contributed by atoms with van der Waals surface area (Å²) in [6, 6.07) is 10.3. The first-order chi connectivity index (χ1) is 8.74. The van der Waals surface area contributed by atoms with Gasteiger partial charge in [0.2, 0.25) is 0 Å². The molecule has 2 aromatic heterocycles. The quantitative estimate of drug-likeness (QED) is 0.712. The van der Waals surface area contributed by atoms with Crippen molar-refractivity contribution in [3.8, 4) is 0 Å². The summed E-state index contributed by atoms with van der Waals surface area (Å²) in [4.78, 5) is 7.27. The van der Waals surface area contributed by atoms with E-state index in [1.807, 2.05) is 12.1 Å². The number of hydrogen-bond donors (Lipinski definition) is 1. The van der Waals surface area contributed by atoms with Crippen molar-refractivity contribution >= 4 is 23.3 Å². The van der Waals surface area contributed by atoms with E-state index in [2.05, 4.69) is 39.7 Å². The van der Waals surface area contributed by atoms with E-state index in [9.17, 15) is 0 Å². The van der Waals surface area contributed by atoms with Crippen LogP contribution in [0.25, 0.3) is 11.0 Å². The average molecular weight is 255 g/mol. The normalized spacial score (nSPS) is 10.9. The van der Waals surface area contributed by atoms with Crippen LogP contribution in [0.2, 0.25) is 0 Å². The van der Waals surface area contributed by atoms with Crippen molar-refractivity contribution in [2.24, 2.45) is 0 Å². The minimum atomic E-state index is 0.757. The molecule has 2 heterocycles. The van der Waals surface area contributed by atoms with Gasteiger partial charge in [-0.3, -0.25) is 4.98 Å². The van der Waals surface area contributed by atoms with Gasteiger partial charge in [0.25, 0.3) is 0 Å². The Balaban J connectivity index is 2.14. The van der Waals surface area contributed by atoms with Gasteiger partial charge in [0, 0.05) is 12.4 Å². The van der Waals surface area contributed by atoms with Gasteiger partial charge in [-0.1, -0.05) is 6.07 Å². The Hall–Kier alpha value is -1.94. The maximum Gasteiger partial charge on any atom is 0.178 e. The number of pyridine rings is 1. The van der Waals surface area contributed by atoms with Crippen LogP contribution in [-0.2, 0) is 6.54 Å². The Kier molecular flexibility index (Phi) is 2.72. The van der Waals surface area contributed by atoms with Crippen molar-refractivity contribution in [1.29, 1.82) is 0 Å². The number of aryl methyl sites for hydroxylation is 1. The summed E-state index contributed by atoms with van der Waals surface area (Å²) in [6.45, 7) is 2.86. The molecular formula is C14H13N3S. The molecule has 90 valence electrons. The molecule has 0 saturated carbocycles. The van der Waals surface area contributed by atoms with Gasteiger partial charge in [-0.15, -0.1) is 0 Å². The maximum atomic E-state index is 5.39. The van der Waals surface area contributed by atoms with Crippen LogP contribution in [-0.4, -0.2) is 14.5 Å². The van der Waals surface area contributed by atoms with Gasteiger partial charge in [-0.05, 0) is 54.5 Å². The summed E-state index contributed by atoms with van der Waals surface area (Å²) in [5, 5.41) is 0. The number of rotatable bonds is 2. The van der Waals surface area contributed by atoms with E-state index in [1.54, 1.807) is 12.4 Å². The molecule has 0 saturated heterocycles. The van der Waals surface area contributed by atoms with E-state index in [-0.39, 0.29) is 0 Å². The highest BCUT2D eigenvalue weighted by atomic mass is 32.1. The topological polar surface area (TPSA) is 33.6 Å². The first kappa shape index (κ1) is 11.2. The molecule has 3 aromatic rings. The SMILES string of the molecule is Cc1ccc2[nH]c(=S)n(Cc3ccncc3)c2c1. The highest BCUT2D eigenvalue weighted by Gasteiger charge is 2.05. The molecule has 0 bridgehead atoms. The van der Waals surface area contributed by atoms with E-state index < -0.39 is 0 Å². The fourth-order valence-electron chi connectivity index (χ4n) is 2.09. The molecular weight excluding hydrogens is 242 g/mol. The number of aromatic nitrogens is 3. The summed E-state index contributed by atoms with van der Waals surface area (Å²) < 4.78 is 2.87. The Morgan fingerprint density at radius 2 is 2.00 bits per heavy atom. The largest absolute Gasteiger partial charge is 0.331 e. The summed E-state index contributed by atoms with van der Waals surface area (Å²) in [5.41, 5.74) is 4.67. The number of nitrogens with one attached hydrogen (secondary N) is 1. The van der Waals surface area contributed by atoms with Gasteiger partial charge in [0.15, 0.2) is 4.77 Å². The van der Waals surface area contributed by atoms with Crippen LogP contribution < -0.4 is 0 Å². The lowest BCUT2D eigenvalue weighted by molar-refractivity contribution is 0.808. The van der Waals surface area contributed by atoms with Gasteiger partial charge < -0.3 is 9.55 Å². The molecule has 0 aliphatic heterocycles. The second-order valence-electron chi connectivity index (χ2n) is 4.39. The van der Waals surface area contributed by atoms with Crippen molar-refractivity contribution in [3.63, 3.8) is 0 Å². The molecule has 0 spiro atoms. The van der Waals surface area contributed by atoms with Gasteiger partial charge >= 0.3 is 0 Å². The minimum Gasteiger partial charge on any atom is -0.331 e. The van der Waals surface area contributed by atoms with Crippen molar-refractivity contribution in [2.45, 2.75) is 13.5 Å². The van der Waals surface area contributed by atoms with Crippen LogP contribution in [0.1, 0.15) is 11.1 Å². The molecule has 0 radical (unpaired) electrons. The monoisotopic (exact) mass is 255 g/mol. The van der Waals surface area contributed by atoms with Crippen LogP contribution in [0.4, 0.5) is 0 Å². The van der Waals surface area contributed by atoms with E-state index in [4.69, 9.17) is 12.2 Å². The molecule has 1 aromatic carbocycles. The van der Waals surface area contributed by atoms with E-state index >= 15 is 0 Å². The summed E-state index contributed by atoms with van der Waals surface area (Å²) in [5.74, 6) is 0. The van der Waals surface area contributed by atoms with Crippen molar-refractivity contribution in [1.82, 2.24) is 14.5 Å². The third kappa shape index (κ3) is 1.95. The first-order valence-corrected chi connectivity index (χ1v) is 6.23. The van der Waals surface area contributed by atoms with E-state index in [0.717, 1.165) is 22.3 Å². The molecule has 0 amide bonds. The second-order valence-corrected chi connectivity index (χ2v) is 4.78. The second kappa shape index (κ2) is 4.38. The van der Waals surface area contributed by atoms with E-state index in [0.29, 0.717) is 0 Å². The Morgan fingerprint density at radius 3 is 2.78 bits per heavy atom.